The van der Waals surface area contributed by atoms with Gasteiger partial charge in [-0.15, -0.1) is 0 Å². The Kier molecular flexibility index (Phi) is 3.91. The van der Waals surface area contributed by atoms with Crippen LogP contribution in [0.2, 0.25) is 0 Å². The van der Waals surface area contributed by atoms with Crippen LogP contribution in [-0.2, 0) is 9.59 Å². The molecular formula is C11H21N3O2. The quantitative estimate of drug-likeness (QED) is 0.662. The van der Waals surface area contributed by atoms with Gasteiger partial charge in [-0.05, 0) is 33.6 Å². The highest BCUT2D eigenvalue weighted by Crippen LogP contribution is 2.26. The fourth-order valence-corrected chi connectivity index (χ4v) is 1.51. The van der Waals surface area contributed by atoms with Gasteiger partial charge in [0, 0.05) is 12.6 Å². The molecule has 0 bridgehead atoms. The molecule has 1 rings (SSSR count). The highest BCUT2D eigenvalue weighted by molar-refractivity contribution is 5.85. The molecule has 92 valence electrons. The van der Waals surface area contributed by atoms with Crippen LogP contribution in [-0.4, -0.2) is 41.4 Å². The number of hydrogen-bond acceptors (Lipinski definition) is 3. The molecule has 16 heavy (non-hydrogen) atoms. The molecule has 0 unspecified atom stereocenters. The lowest BCUT2D eigenvalue weighted by atomic mass is 10.1. The van der Waals surface area contributed by atoms with Crippen molar-refractivity contribution in [1.82, 2.24) is 10.2 Å². The SMILES string of the molecule is CCN(C(=O)CNC(C)(C)C(N)=O)C1CC1. The third-order valence-corrected chi connectivity index (χ3v) is 2.95. The first-order valence-corrected chi connectivity index (χ1v) is 5.73. The summed E-state index contributed by atoms with van der Waals surface area (Å²) >= 11 is 0. The first-order valence-electron chi connectivity index (χ1n) is 5.73. The average molecular weight is 227 g/mol. The normalized spacial score (nSPS) is 15.9. The van der Waals surface area contributed by atoms with E-state index < -0.39 is 11.4 Å². The molecule has 0 spiro atoms. The monoisotopic (exact) mass is 227 g/mol. The second-order valence-electron chi connectivity index (χ2n) is 4.75. The number of hydrogen-bond donors (Lipinski definition) is 2. The Labute approximate surface area is 96.4 Å². The van der Waals surface area contributed by atoms with Crippen LogP contribution < -0.4 is 11.1 Å². The van der Waals surface area contributed by atoms with E-state index >= 15 is 0 Å². The number of nitrogens with zero attached hydrogens (tertiary/aromatic N) is 1. The molecule has 0 saturated heterocycles. The maximum Gasteiger partial charge on any atom is 0.237 e. The molecule has 1 saturated carbocycles. The van der Waals surface area contributed by atoms with Gasteiger partial charge in [0.2, 0.25) is 11.8 Å². The molecule has 0 aromatic heterocycles. The zero-order chi connectivity index (χ0) is 12.3. The van der Waals surface area contributed by atoms with Crippen molar-refractivity contribution < 1.29 is 9.59 Å². The molecule has 5 heteroatoms. The number of amides is 2. The van der Waals surface area contributed by atoms with Crippen LogP contribution in [0.1, 0.15) is 33.6 Å². The minimum Gasteiger partial charge on any atom is -0.368 e. The highest BCUT2D eigenvalue weighted by Gasteiger charge is 2.32. The van der Waals surface area contributed by atoms with E-state index in [1.54, 1.807) is 13.8 Å². The molecule has 5 nitrogen and oxygen atoms in total. The maximum atomic E-state index is 11.8. The zero-order valence-corrected chi connectivity index (χ0v) is 10.2. The Balaban J connectivity index is 2.42. The lowest BCUT2D eigenvalue weighted by Crippen LogP contribution is -2.54. The van der Waals surface area contributed by atoms with Gasteiger partial charge in [-0.25, -0.2) is 0 Å². The standard InChI is InChI=1S/C11H21N3O2/c1-4-14(8-5-6-8)9(15)7-13-11(2,3)10(12)16/h8,13H,4-7H2,1-3H3,(H2,12,16). The highest BCUT2D eigenvalue weighted by atomic mass is 16.2. The first-order chi connectivity index (χ1) is 7.38. The number of primary amides is 1. The lowest BCUT2D eigenvalue weighted by Gasteiger charge is -2.25. The summed E-state index contributed by atoms with van der Waals surface area (Å²) in [6, 6.07) is 0.413. The van der Waals surface area contributed by atoms with E-state index in [1.165, 1.54) is 0 Å². The van der Waals surface area contributed by atoms with Crippen LogP contribution in [0.4, 0.5) is 0 Å². The van der Waals surface area contributed by atoms with E-state index in [0.29, 0.717) is 6.04 Å². The second kappa shape index (κ2) is 4.82. The van der Waals surface area contributed by atoms with Crippen molar-refractivity contribution in [3.63, 3.8) is 0 Å². The molecule has 0 radical (unpaired) electrons. The van der Waals surface area contributed by atoms with Crippen LogP contribution in [0.25, 0.3) is 0 Å². The van der Waals surface area contributed by atoms with Gasteiger partial charge in [-0.3, -0.25) is 14.9 Å². The summed E-state index contributed by atoms with van der Waals surface area (Å²) in [6.45, 7) is 6.21. The van der Waals surface area contributed by atoms with Crippen molar-refractivity contribution in [1.29, 1.82) is 0 Å². The predicted octanol–water partition coefficient (Wildman–Crippen LogP) is -0.149. The van der Waals surface area contributed by atoms with Crippen molar-refractivity contribution in [3.05, 3.63) is 0 Å². The van der Waals surface area contributed by atoms with Gasteiger partial charge < -0.3 is 10.6 Å². The Hall–Kier alpha value is -1.10. The molecule has 0 heterocycles. The summed E-state index contributed by atoms with van der Waals surface area (Å²) < 4.78 is 0. The largest absolute Gasteiger partial charge is 0.368 e. The molecule has 0 aliphatic heterocycles. The van der Waals surface area contributed by atoms with Gasteiger partial charge in [0.05, 0.1) is 12.1 Å². The minimum atomic E-state index is -0.835. The maximum absolute atomic E-state index is 11.8. The molecule has 3 N–H and O–H groups in total. The van der Waals surface area contributed by atoms with E-state index in [1.807, 2.05) is 11.8 Å². The molecule has 0 atom stereocenters. The van der Waals surface area contributed by atoms with Gasteiger partial charge in [0.1, 0.15) is 0 Å². The van der Waals surface area contributed by atoms with E-state index in [4.69, 9.17) is 5.73 Å². The molecular weight excluding hydrogens is 206 g/mol. The number of carbonyl (C=O) groups excluding carboxylic acids is 2. The van der Waals surface area contributed by atoms with Gasteiger partial charge in [-0.2, -0.15) is 0 Å². The Morgan fingerprint density at radius 1 is 1.44 bits per heavy atom. The number of carbonyl (C=O) groups is 2. The molecule has 0 aromatic carbocycles. The van der Waals surface area contributed by atoms with Gasteiger partial charge >= 0.3 is 0 Å². The Morgan fingerprint density at radius 3 is 2.38 bits per heavy atom. The fraction of sp³-hybridized carbons (Fsp3) is 0.818. The number of likely N-dealkylation sites (N-methyl/N-ethyl adjacent to an activating group) is 1. The third kappa shape index (κ3) is 3.20. The van der Waals surface area contributed by atoms with Crippen LogP contribution in [0.3, 0.4) is 0 Å². The average Bonchev–Trinajstić information content (AvgIpc) is 3.00. The number of nitrogens with two attached hydrogens (primary N) is 1. The first kappa shape index (κ1) is 13.0. The summed E-state index contributed by atoms with van der Waals surface area (Å²) in [6.07, 6.45) is 2.19. The smallest absolute Gasteiger partial charge is 0.237 e. The molecule has 0 aromatic rings. The Morgan fingerprint density at radius 2 is 2.00 bits per heavy atom. The van der Waals surface area contributed by atoms with Crippen molar-refractivity contribution in [2.24, 2.45) is 5.73 Å². The molecule has 1 aliphatic carbocycles. The Bertz CT molecular complexity index is 285. The molecule has 2 amide bonds. The predicted molar refractivity (Wildman–Crippen MR) is 61.7 cm³/mol. The van der Waals surface area contributed by atoms with Crippen molar-refractivity contribution in [3.8, 4) is 0 Å². The third-order valence-electron chi connectivity index (χ3n) is 2.95. The van der Waals surface area contributed by atoms with Gasteiger partial charge in [0.25, 0.3) is 0 Å². The second-order valence-corrected chi connectivity index (χ2v) is 4.75. The summed E-state index contributed by atoms with van der Waals surface area (Å²) in [4.78, 5) is 24.7. The molecule has 1 fully saturated rings. The van der Waals surface area contributed by atoms with Crippen molar-refractivity contribution in [2.75, 3.05) is 13.1 Å². The van der Waals surface area contributed by atoms with Crippen LogP contribution in [0, 0.1) is 0 Å². The van der Waals surface area contributed by atoms with E-state index in [-0.39, 0.29) is 12.5 Å². The topological polar surface area (TPSA) is 75.4 Å². The summed E-state index contributed by atoms with van der Waals surface area (Å²) in [5.74, 6) is -0.408. The number of rotatable bonds is 6. The van der Waals surface area contributed by atoms with Crippen LogP contribution in [0.5, 0.6) is 0 Å². The zero-order valence-electron chi connectivity index (χ0n) is 10.2. The van der Waals surface area contributed by atoms with Gasteiger partial charge in [-0.1, -0.05) is 0 Å². The van der Waals surface area contributed by atoms with Crippen LogP contribution in [0.15, 0.2) is 0 Å². The summed E-state index contributed by atoms with van der Waals surface area (Å²) in [5.41, 5.74) is 4.38. The molecule has 1 aliphatic rings. The van der Waals surface area contributed by atoms with Crippen molar-refractivity contribution in [2.45, 2.75) is 45.2 Å². The number of nitrogens with one attached hydrogen (secondary N) is 1. The van der Waals surface area contributed by atoms with Crippen LogP contribution >= 0.6 is 0 Å². The van der Waals surface area contributed by atoms with E-state index in [2.05, 4.69) is 5.32 Å². The van der Waals surface area contributed by atoms with E-state index in [9.17, 15) is 9.59 Å². The van der Waals surface area contributed by atoms with E-state index in [0.717, 1.165) is 19.4 Å². The van der Waals surface area contributed by atoms with Gasteiger partial charge in [0.15, 0.2) is 0 Å². The minimum absolute atomic E-state index is 0.0410. The summed E-state index contributed by atoms with van der Waals surface area (Å²) in [5, 5.41) is 2.89. The van der Waals surface area contributed by atoms with Crippen molar-refractivity contribution >= 4 is 11.8 Å². The summed E-state index contributed by atoms with van der Waals surface area (Å²) in [7, 11) is 0. The fourth-order valence-electron chi connectivity index (χ4n) is 1.51. The lowest BCUT2D eigenvalue weighted by molar-refractivity contribution is -0.131.